The largest absolute Gasteiger partial charge is 0.449 e. The normalized spacial score (nSPS) is 15.3. The Hall–Kier alpha value is -2.99. The Morgan fingerprint density at radius 2 is 1.82 bits per heavy atom. The van der Waals surface area contributed by atoms with E-state index in [2.05, 4.69) is 10.3 Å². The summed E-state index contributed by atoms with van der Waals surface area (Å²) in [6.45, 7) is 0.372. The smallest absolute Gasteiger partial charge is 0.326 e. The second kappa shape index (κ2) is 8.75. The molecule has 2 heterocycles. The van der Waals surface area contributed by atoms with E-state index in [9.17, 15) is 30.8 Å². The van der Waals surface area contributed by atoms with Crippen molar-refractivity contribution in [1.82, 2.24) is 13.9 Å². The number of benzene rings is 2. The highest BCUT2D eigenvalue weighted by molar-refractivity contribution is 7.89. The van der Waals surface area contributed by atoms with E-state index in [-0.39, 0.29) is 34.6 Å². The summed E-state index contributed by atoms with van der Waals surface area (Å²) >= 11 is 0. The Bertz CT molecular complexity index is 1300. The molecule has 33 heavy (non-hydrogen) atoms. The van der Waals surface area contributed by atoms with E-state index < -0.39 is 33.7 Å². The van der Waals surface area contributed by atoms with Gasteiger partial charge in [-0.3, -0.25) is 4.79 Å². The highest BCUT2D eigenvalue weighted by Crippen LogP contribution is 2.33. The second-order valence-electron chi connectivity index (χ2n) is 7.66. The molecule has 1 saturated heterocycles. The van der Waals surface area contributed by atoms with Crippen LogP contribution in [-0.4, -0.2) is 41.3 Å². The quantitative estimate of drug-likeness (QED) is 0.536. The summed E-state index contributed by atoms with van der Waals surface area (Å²) in [4.78, 5) is 15.7. The maximum atomic E-state index is 13.6. The van der Waals surface area contributed by atoms with E-state index in [1.807, 2.05) is 0 Å². The van der Waals surface area contributed by atoms with Crippen LogP contribution in [0.2, 0.25) is 0 Å². The van der Waals surface area contributed by atoms with E-state index in [0.29, 0.717) is 13.1 Å². The topological polar surface area (TPSA) is 84.3 Å². The second-order valence-corrected chi connectivity index (χ2v) is 9.59. The minimum absolute atomic E-state index is 0.0567. The lowest BCUT2D eigenvalue weighted by molar-refractivity contribution is -0.147. The highest BCUT2D eigenvalue weighted by atomic mass is 32.2. The van der Waals surface area contributed by atoms with Crippen molar-refractivity contribution in [3.63, 3.8) is 0 Å². The molecule has 1 N–H and O–H groups in total. The Labute approximate surface area is 187 Å². The minimum Gasteiger partial charge on any atom is -0.326 e. The van der Waals surface area contributed by atoms with Gasteiger partial charge in [0.25, 0.3) is 0 Å². The summed E-state index contributed by atoms with van der Waals surface area (Å²) in [7, 11) is -3.83. The molecule has 0 bridgehead atoms. The van der Waals surface area contributed by atoms with Gasteiger partial charge in [0.05, 0.1) is 15.9 Å². The van der Waals surface area contributed by atoms with Crippen LogP contribution in [0.1, 0.15) is 25.1 Å². The highest BCUT2D eigenvalue weighted by Gasteiger charge is 2.38. The summed E-state index contributed by atoms with van der Waals surface area (Å²) in [6, 6.07) is 8.78. The third-order valence-electron chi connectivity index (χ3n) is 5.35. The monoisotopic (exact) mass is 484 g/mol. The number of alkyl halides is 3. The van der Waals surface area contributed by atoms with E-state index >= 15 is 0 Å². The molecule has 3 aromatic rings. The molecule has 0 aliphatic carbocycles. The molecule has 1 aliphatic rings. The first kappa shape index (κ1) is 23.2. The number of sulfonamides is 1. The summed E-state index contributed by atoms with van der Waals surface area (Å²) in [5.41, 5.74) is 0.109. The number of hydrogen-bond acceptors (Lipinski definition) is 4. The van der Waals surface area contributed by atoms with Crippen molar-refractivity contribution < 1.29 is 30.8 Å². The van der Waals surface area contributed by atoms with Crippen molar-refractivity contribution in [2.45, 2.75) is 36.9 Å². The van der Waals surface area contributed by atoms with Crippen LogP contribution in [0.15, 0.2) is 47.4 Å². The van der Waals surface area contributed by atoms with Crippen molar-refractivity contribution in [1.29, 1.82) is 0 Å². The third-order valence-corrected chi connectivity index (χ3v) is 7.24. The number of carbonyl (C=O) groups excluding carboxylic acids is 1. The number of carbonyl (C=O) groups is 1. The molecule has 1 amide bonds. The van der Waals surface area contributed by atoms with Gasteiger partial charge in [0.2, 0.25) is 21.8 Å². The average molecular weight is 484 g/mol. The number of nitrogens with one attached hydrogen (secondary N) is 1. The fourth-order valence-electron chi connectivity index (χ4n) is 3.79. The molecule has 176 valence electrons. The molecule has 0 saturated carbocycles. The van der Waals surface area contributed by atoms with Gasteiger partial charge in [0, 0.05) is 31.7 Å². The van der Waals surface area contributed by atoms with Gasteiger partial charge in [-0.1, -0.05) is 6.07 Å². The summed E-state index contributed by atoms with van der Waals surface area (Å²) in [5.74, 6) is -2.40. The number of aromatic nitrogens is 2. The number of imidazole rings is 1. The number of anilines is 1. The first-order valence-electron chi connectivity index (χ1n) is 10.2. The van der Waals surface area contributed by atoms with Crippen molar-refractivity contribution >= 4 is 32.7 Å². The van der Waals surface area contributed by atoms with Crippen LogP contribution in [0.5, 0.6) is 0 Å². The van der Waals surface area contributed by atoms with Gasteiger partial charge < -0.3 is 9.88 Å². The van der Waals surface area contributed by atoms with Crippen LogP contribution in [0, 0.1) is 5.82 Å². The SMILES string of the molecule is O=C(CCn1c(C(F)(F)F)nc2cc(S(=O)(=O)N3CCCC3)ccc21)Nc1cccc(F)c1. The van der Waals surface area contributed by atoms with E-state index in [4.69, 9.17) is 0 Å². The van der Waals surface area contributed by atoms with E-state index in [1.165, 1.54) is 34.6 Å². The molecule has 1 aromatic heterocycles. The van der Waals surface area contributed by atoms with Crippen LogP contribution in [0.3, 0.4) is 0 Å². The number of nitrogens with zero attached hydrogens (tertiary/aromatic N) is 3. The minimum atomic E-state index is -4.81. The number of halogens is 4. The third kappa shape index (κ3) is 4.86. The number of rotatable bonds is 6. The number of amides is 1. The van der Waals surface area contributed by atoms with Gasteiger partial charge in [-0.2, -0.15) is 17.5 Å². The average Bonchev–Trinajstić information content (AvgIpc) is 3.40. The molecular weight excluding hydrogens is 464 g/mol. The van der Waals surface area contributed by atoms with Gasteiger partial charge in [-0.15, -0.1) is 0 Å². The molecule has 4 rings (SSSR count). The van der Waals surface area contributed by atoms with Crippen LogP contribution in [-0.2, 0) is 27.5 Å². The van der Waals surface area contributed by atoms with Gasteiger partial charge in [-0.25, -0.2) is 17.8 Å². The molecule has 7 nitrogen and oxygen atoms in total. The zero-order valence-corrected chi connectivity index (χ0v) is 18.1. The number of aryl methyl sites for hydroxylation is 1. The van der Waals surface area contributed by atoms with Crippen molar-refractivity contribution in [2.24, 2.45) is 0 Å². The van der Waals surface area contributed by atoms with Crippen molar-refractivity contribution in [2.75, 3.05) is 18.4 Å². The first-order valence-corrected chi connectivity index (χ1v) is 11.6. The zero-order valence-electron chi connectivity index (χ0n) is 17.3. The molecule has 0 radical (unpaired) electrons. The van der Waals surface area contributed by atoms with Gasteiger partial charge in [-0.05, 0) is 49.2 Å². The lowest BCUT2D eigenvalue weighted by atomic mass is 10.3. The Morgan fingerprint density at radius 1 is 1.09 bits per heavy atom. The fourth-order valence-corrected chi connectivity index (χ4v) is 5.33. The van der Waals surface area contributed by atoms with Crippen LogP contribution < -0.4 is 5.32 Å². The van der Waals surface area contributed by atoms with Gasteiger partial charge in [0.1, 0.15) is 5.82 Å². The van der Waals surface area contributed by atoms with E-state index in [1.54, 1.807) is 0 Å². The number of fused-ring (bicyclic) bond motifs is 1. The molecular formula is C21H20F4N4O3S. The lowest BCUT2D eigenvalue weighted by Crippen LogP contribution is -2.27. The molecule has 1 aliphatic heterocycles. The fraction of sp³-hybridized carbons (Fsp3) is 0.333. The van der Waals surface area contributed by atoms with Gasteiger partial charge >= 0.3 is 6.18 Å². The molecule has 0 spiro atoms. The van der Waals surface area contributed by atoms with Crippen LogP contribution in [0.25, 0.3) is 11.0 Å². The van der Waals surface area contributed by atoms with Gasteiger partial charge in [0.15, 0.2) is 0 Å². The molecule has 1 fully saturated rings. The summed E-state index contributed by atoms with van der Waals surface area (Å²) < 4.78 is 81.8. The first-order chi connectivity index (χ1) is 15.6. The molecule has 12 heteroatoms. The van der Waals surface area contributed by atoms with Crippen LogP contribution in [0.4, 0.5) is 23.2 Å². The predicted octanol–water partition coefficient (Wildman–Crippen LogP) is 4.01. The van der Waals surface area contributed by atoms with E-state index in [0.717, 1.165) is 29.5 Å². The Morgan fingerprint density at radius 3 is 2.48 bits per heavy atom. The van der Waals surface area contributed by atoms with Crippen LogP contribution >= 0.6 is 0 Å². The maximum absolute atomic E-state index is 13.6. The number of hydrogen-bond donors (Lipinski definition) is 1. The lowest BCUT2D eigenvalue weighted by Gasteiger charge is -2.15. The summed E-state index contributed by atoms with van der Waals surface area (Å²) in [5, 5.41) is 2.43. The zero-order chi connectivity index (χ0) is 23.8. The molecule has 0 atom stereocenters. The maximum Gasteiger partial charge on any atom is 0.449 e. The molecule has 2 aromatic carbocycles. The molecule has 0 unspecified atom stereocenters. The summed E-state index contributed by atoms with van der Waals surface area (Å²) in [6.07, 6.45) is -3.69. The Kier molecular flexibility index (Phi) is 6.14. The standard InChI is InChI=1S/C21H20F4N4O3S/c22-14-4-3-5-15(12-14)26-19(30)8-11-29-18-7-6-16(33(31,32)28-9-1-2-10-28)13-17(18)27-20(29)21(23,24)25/h3-7,12-13H,1-2,8-11H2,(H,26,30). The van der Waals surface area contributed by atoms with Crippen molar-refractivity contribution in [3.8, 4) is 0 Å². The Balaban J connectivity index is 1.61. The predicted molar refractivity (Wildman–Crippen MR) is 112 cm³/mol. The van der Waals surface area contributed by atoms with Crippen molar-refractivity contribution in [3.05, 3.63) is 54.1 Å².